The van der Waals surface area contributed by atoms with Gasteiger partial charge in [0.1, 0.15) is 11.6 Å². The van der Waals surface area contributed by atoms with Crippen molar-refractivity contribution in [2.24, 2.45) is 5.73 Å². The minimum atomic E-state index is -0.608. The summed E-state index contributed by atoms with van der Waals surface area (Å²) >= 11 is 0. The highest BCUT2D eigenvalue weighted by molar-refractivity contribution is 6.06. The monoisotopic (exact) mass is 284 g/mol. The summed E-state index contributed by atoms with van der Waals surface area (Å²) in [7, 11) is 0. The number of phenolic OH excluding ortho intramolecular Hbond substituents is 1. The SMILES string of the molecule is NCC#Cc1cccc(NC(=O)c2ccc(F)cc2O)c1. The quantitative estimate of drug-likeness (QED) is 0.739. The number of aromatic hydroxyl groups is 1. The number of halogens is 1. The number of phenols is 1. The van der Waals surface area contributed by atoms with Crippen molar-refractivity contribution in [3.8, 4) is 17.6 Å². The van der Waals surface area contributed by atoms with Crippen LogP contribution in [0, 0.1) is 17.7 Å². The molecule has 4 nitrogen and oxygen atoms in total. The zero-order valence-electron chi connectivity index (χ0n) is 11.1. The third-order valence-corrected chi connectivity index (χ3v) is 2.66. The van der Waals surface area contributed by atoms with Crippen molar-refractivity contribution in [3.05, 3.63) is 59.4 Å². The molecule has 0 heterocycles. The highest BCUT2D eigenvalue weighted by Gasteiger charge is 2.12. The normalized spacial score (nSPS) is 9.62. The highest BCUT2D eigenvalue weighted by atomic mass is 19.1. The van der Waals surface area contributed by atoms with Crippen LogP contribution in [0.4, 0.5) is 10.1 Å². The summed E-state index contributed by atoms with van der Waals surface area (Å²) < 4.78 is 12.9. The number of hydrogen-bond donors (Lipinski definition) is 3. The van der Waals surface area contributed by atoms with Crippen molar-refractivity contribution in [3.63, 3.8) is 0 Å². The molecule has 0 radical (unpaired) electrons. The van der Waals surface area contributed by atoms with Crippen molar-refractivity contribution < 1.29 is 14.3 Å². The fraction of sp³-hybridized carbons (Fsp3) is 0.0625. The van der Waals surface area contributed by atoms with E-state index in [1.165, 1.54) is 6.07 Å². The number of hydrogen-bond acceptors (Lipinski definition) is 3. The van der Waals surface area contributed by atoms with Crippen molar-refractivity contribution in [2.75, 3.05) is 11.9 Å². The highest BCUT2D eigenvalue weighted by Crippen LogP contribution is 2.20. The number of carbonyl (C=O) groups is 1. The maximum Gasteiger partial charge on any atom is 0.259 e. The summed E-state index contributed by atoms with van der Waals surface area (Å²) in [5.74, 6) is 4.02. The van der Waals surface area contributed by atoms with E-state index in [9.17, 15) is 14.3 Å². The Morgan fingerprint density at radius 3 is 2.81 bits per heavy atom. The number of benzene rings is 2. The molecule has 2 aromatic rings. The van der Waals surface area contributed by atoms with Gasteiger partial charge in [-0.2, -0.15) is 0 Å². The van der Waals surface area contributed by atoms with E-state index in [4.69, 9.17) is 5.73 Å². The molecule has 0 aliphatic carbocycles. The number of anilines is 1. The molecule has 2 aromatic carbocycles. The van der Waals surface area contributed by atoms with Gasteiger partial charge >= 0.3 is 0 Å². The van der Waals surface area contributed by atoms with Gasteiger partial charge in [-0.1, -0.05) is 17.9 Å². The van der Waals surface area contributed by atoms with E-state index in [1.54, 1.807) is 24.3 Å². The predicted molar refractivity (Wildman–Crippen MR) is 78.4 cm³/mol. The summed E-state index contributed by atoms with van der Waals surface area (Å²) in [5, 5.41) is 12.2. The Hall–Kier alpha value is -2.84. The van der Waals surface area contributed by atoms with E-state index in [2.05, 4.69) is 17.2 Å². The molecule has 0 spiro atoms. The second-order valence-electron chi connectivity index (χ2n) is 4.20. The zero-order valence-corrected chi connectivity index (χ0v) is 11.1. The molecular formula is C16H13FN2O2. The Labute approximate surface area is 121 Å². The van der Waals surface area contributed by atoms with E-state index in [0.717, 1.165) is 12.1 Å². The van der Waals surface area contributed by atoms with Gasteiger partial charge in [0.25, 0.3) is 5.91 Å². The average molecular weight is 284 g/mol. The summed E-state index contributed by atoms with van der Waals surface area (Å²) in [6, 6.07) is 10.1. The van der Waals surface area contributed by atoms with Gasteiger partial charge in [0.2, 0.25) is 0 Å². The van der Waals surface area contributed by atoms with Crippen LogP contribution in [0.5, 0.6) is 5.75 Å². The van der Waals surface area contributed by atoms with Crippen molar-refractivity contribution in [1.29, 1.82) is 0 Å². The van der Waals surface area contributed by atoms with E-state index >= 15 is 0 Å². The molecule has 0 aromatic heterocycles. The first kappa shape index (κ1) is 14.6. The van der Waals surface area contributed by atoms with Crippen LogP contribution in [0.1, 0.15) is 15.9 Å². The minimum Gasteiger partial charge on any atom is -0.507 e. The Balaban J connectivity index is 2.19. The molecule has 0 unspecified atom stereocenters. The fourth-order valence-electron chi connectivity index (χ4n) is 1.72. The summed E-state index contributed by atoms with van der Waals surface area (Å²) in [6.07, 6.45) is 0. The zero-order chi connectivity index (χ0) is 15.2. The molecular weight excluding hydrogens is 271 g/mol. The molecule has 106 valence electrons. The average Bonchev–Trinajstić information content (AvgIpc) is 2.45. The standard InChI is InChI=1S/C16H13FN2O2/c17-12-6-7-14(15(20)10-12)16(21)19-13-5-1-3-11(9-13)4-2-8-18/h1,3,5-7,9-10,20H,8,18H2,(H,19,21). The molecule has 1 amide bonds. The van der Waals surface area contributed by atoms with Crippen LogP contribution in [-0.4, -0.2) is 17.6 Å². The molecule has 0 fully saturated rings. The topological polar surface area (TPSA) is 75.3 Å². The van der Waals surface area contributed by atoms with Crippen LogP contribution < -0.4 is 11.1 Å². The number of nitrogens with one attached hydrogen (secondary N) is 1. The van der Waals surface area contributed by atoms with Crippen molar-refractivity contribution >= 4 is 11.6 Å². The van der Waals surface area contributed by atoms with Gasteiger partial charge in [-0.05, 0) is 30.3 Å². The van der Waals surface area contributed by atoms with Gasteiger partial charge < -0.3 is 16.2 Å². The lowest BCUT2D eigenvalue weighted by Gasteiger charge is -2.07. The van der Waals surface area contributed by atoms with Gasteiger partial charge in [0, 0.05) is 17.3 Å². The first-order valence-corrected chi connectivity index (χ1v) is 6.19. The number of amides is 1. The molecule has 0 bridgehead atoms. The lowest BCUT2D eigenvalue weighted by atomic mass is 10.1. The van der Waals surface area contributed by atoms with Crippen LogP contribution in [0.25, 0.3) is 0 Å². The van der Waals surface area contributed by atoms with Gasteiger partial charge in [0.05, 0.1) is 12.1 Å². The molecule has 2 rings (SSSR count). The van der Waals surface area contributed by atoms with E-state index in [0.29, 0.717) is 11.3 Å². The van der Waals surface area contributed by atoms with E-state index < -0.39 is 17.5 Å². The Kier molecular flexibility index (Phi) is 4.54. The summed E-state index contributed by atoms with van der Waals surface area (Å²) in [5.41, 5.74) is 6.52. The van der Waals surface area contributed by atoms with Crippen LogP contribution in [0.15, 0.2) is 42.5 Å². The summed E-state index contributed by atoms with van der Waals surface area (Å²) in [4.78, 5) is 12.0. The molecule has 5 heteroatoms. The first-order chi connectivity index (χ1) is 10.1. The van der Waals surface area contributed by atoms with Crippen LogP contribution in [0.2, 0.25) is 0 Å². The molecule has 21 heavy (non-hydrogen) atoms. The van der Waals surface area contributed by atoms with Gasteiger partial charge in [0.15, 0.2) is 0 Å². The second kappa shape index (κ2) is 6.55. The predicted octanol–water partition coefficient (Wildman–Crippen LogP) is 2.09. The van der Waals surface area contributed by atoms with Crippen molar-refractivity contribution in [1.82, 2.24) is 0 Å². The Morgan fingerprint density at radius 2 is 2.10 bits per heavy atom. The lowest BCUT2D eigenvalue weighted by molar-refractivity contribution is 0.102. The number of rotatable bonds is 2. The first-order valence-electron chi connectivity index (χ1n) is 6.19. The molecule has 0 aliphatic rings. The minimum absolute atomic E-state index is 0.00477. The molecule has 4 N–H and O–H groups in total. The third-order valence-electron chi connectivity index (χ3n) is 2.66. The number of carbonyl (C=O) groups excluding carboxylic acids is 1. The largest absolute Gasteiger partial charge is 0.507 e. The lowest BCUT2D eigenvalue weighted by Crippen LogP contribution is -2.12. The van der Waals surface area contributed by atoms with Crippen LogP contribution in [0.3, 0.4) is 0 Å². The molecule has 0 saturated heterocycles. The molecule has 0 atom stereocenters. The molecule has 0 saturated carbocycles. The fourth-order valence-corrected chi connectivity index (χ4v) is 1.72. The third kappa shape index (κ3) is 3.81. The summed E-state index contributed by atoms with van der Waals surface area (Å²) in [6.45, 7) is 0.250. The van der Waals surface area contributed by atoms with Crippen LogP contribution >= 0.6 is 0 Å². The van der Waals surface area contributed by atoms with Gasteiger partial charge in [-0.25, -0.2) is 4.39 Å². The Bertz CT molecular complexity index is 733. The smallest absolute Gasteiger partial charge is 0.259 e. The Morgan fingerprint density at radius 1 is 1.29 bits per heavy atom. The van der Waals surface area contributed by atoms with Gasteiger partial charge in [-0.15, -0.1) is 0 Å². The maximum absolute atomic E-state index is 12.9. The van der Waals surface area contributed by atoms with E-state index in [1.807, 2.05) is 0 Å². The van der Waals surface area contributed by atoms with E-state index in [-0.39, 0.29) is 12.1 Å². The van der Waals surface area contributed by atoms with Crippen molar-refractivity contribution in [2.45, 2.75) is 0 Å². The second-order valence-corrected chi connectivity index (χ2v) is 4.20. The number of nitrogens with two attached hydrogens (primary N) is 1. The maximum atomic E-state index is 12.9. The van der Waals surface area contributed by atoms with Gasteiger partial charge in [-0.3, -0.25) is 4.79 Å². The van der Waals surface area contributed by atoms with Crippen LogP contribution in [-0.2, 0) is 0 Å². The molecule has 0 aliphatic heterocycles.